The monoisotopic (exact) mass is 374 g/mol. The van der Waals surface area contributed by atoms with Crippen molar-refractivity contribution in [3.8, 4) is 0 Å². The maximum absolute atomic E-state index is 6.37. The number of hydrogen-bond donors (Lipinski definition) is 1. The van der Waals surface area contributed by atoms with Crippen molar-refractivity contribution >= 4 is 29.2 Å². The maximum Gasteiger partial charge on any atom is 0.147 e. The quantitative estimate of drug-likeness (QED) is 0.863. The van der Waals surface area contributed by atoms with Crippen LogP contribution in [0.25, 0.3) is 0 Å². The molecule has 2 N–H and O–H groups in total. The molecule has 1 aromatic carbocycles. The van der Waals surface area contributed by atoms with Gasteiger partial charge < -0.3 is 10.6 Å². The molecule has 0 amide bonds. The van der Waals surface area contributed by atoms with Gasteiger partial charge in [-0.05, 0) is 43.2 Å². The standard InChI is InChI=1S/C19H23ClN4S/c20-14-4-1-2-5-15(14)25-18-13-22-17(12-23-18)24-10-8-19(9-11-24)7-3-6-16(19)21/h1-2,4-5,12-13,16H,3,6-11,21H2/t16-/m1/s1. The Balaban J connectivity index is 1.40. The van der Waals surface area contributed by atoms with Crippen molar-refractivity contribution in [3.63, 3.8) is 0 Å². The van der Waals surface area contributed by atoms with Gasteiger partial charge in [-0.1, -0.05) is 41.9 Å². The molecule has 1 saturated heterocycles. The van der Waals surface area contributed by atoms with Crippen LogP contribution in [0, 0.1) is 5.41 Å². The summed E-state index contributed by atoms with van der Waals surface area (Å²) in [6.45, 7) is 2.05. The molecule has 2 aromatic rings. The molecule has 2 aliphatic rings. The van der Waals surface area contributed by atoms with E-state index in [0.29, 0.717) is 11.5 Å². The topological polar surface area (TPSA) is 55.0 Å². The third-order valence-electron chi connectivity index (χ3n) is 5.73. The van der Waals surface area contributed by atoms with Crippen LogP contribution in [-0.2, 0) is 0 Å². The van der Waals surface area contributed by atoms with E-state index in [2.05, 4.69) is 14.9 Å². The third-order valence-corrected chi connectivity index (χ3v) is 7.16. The predicted molar refractivity (Wildman–Crippen MR) is 103 cm³/mol. The maximum atomic E-state index is 6.37. The van der Waals surface area contributed by atoms with Crippen molar-refractivity contribution in [1.29, 1.82) is 0 Å². The second-order valence-electron chi connectivity index (χ2n) is 7.09. The molecule has 1 aliphatic carbocycles. The molecular formula is C19H23ClN4S. The number of nitrogens with two attached hydrogens (primary N) is 1. The number of anilines is 1. The Morgan fingerprint density at radius 2 is 1.92 bits per heavy atom. The van der Waals surface area contributed by atoms with Gasteiger partial charge in [0, 0.05) is 24.0 Å². The van der Waals surface area contributed by atoms with E-state index in [0.717, 1.165) is 33.9 Å². The lowest BCUT2D eigenvalue weighted by Crippen LogP contribution is -2.47. The molecule has 0 unspecified atom stereocenters. The number of rotatable bonds is 3. The van der Waals surface area contributed by atoms with Crippen molar-refractivity contribution in [2.45, 2.75) is 48.1 Å². The van der Waals surface area contributed by atoms with E-state index in [1.807, 2.05) is 36.7 Å². The minimum atomic E-state index is 0.379. The summed E-state index contributed by atoms with van der Waals surface area (Å²) in [6.07, 6.45) is 9.84. The number of benzene rings is 1. The molecule has 2 heterocycles. The molecule has 2 fully saturated rings. The fourth-order valence-electron chi connectivity index (χ4n) is 4.13. The van der Waals surface area contributed by atoms with Crippen molar-refractivity contribution < 1.29 is 0 Å². The van der Waals surface area contributed by atoms with E-state index in [4.69, 9.17) is 17.3 Å². The first kappa shape index (κ1) is 17.1. The predicted octanol–water partition coefficient (Wildman–Crippen LogP) is 4.38. The Kier molecular flexibility index (Phi) is 4.89. The van der Waals surface area contributed by atoms with Crippen LogP contribution in [0.4, 0.5) is 5.82 Å². The summed E-state index contributed by atoms with van der Waals surface area (Å²) in [5, 5.41) is 1.61. The highest BCUT2D eigenvalue weighted by Crippen LogP contribution is 2.45. The zero-order valence-electron chi connectivity index (χ0n) is 14.2. The Labute approximate surface area is 158 Å². The average Bonchev–Trinajstić information content (AvgIpc) is 2.99. The SMILES string of the molecule is N[C@@H]1CCCC12CCN(c1cnc(Sc3ccccc3Cl)cn1)CC2. The summed E-state index contributed by atoms with van der Waals surface area (Å²) in [5.41, 5.74) is 6.75. The molecule has 4 rings (SSSR count). The molecule has 1 aromatic heterocycles. The summed E-state index contributed by atoms with van der Waals surface area (Å²) in [6, 6.07) is 8.18. The normalized spacial score (nSPS) is 22.5. The van der Waals surface area contributed by atoms with Crippen molar-refractivity contribution in [3.05, 3.63) is 41.7 Å². The lowest BCUT2D eigenvalue weighted by atomic mass is 9.74. The van der Waals surface area contributed by atoms with E-state index in [1.54, 1.807) is 11.8 Å². The summed E-state index contributed by atoms with van der Waals surface area (Å²) < 4.78 is 0. The Hall–Kier alpha value is -1.30. The molecule has 25 heavy (non-hydrogen) atoms. The minimum Gasteiger partial charge on any atom is -0.355 e. The van der Waals surface area contributed by atoms with Gasteiger partial charge in [-0.25, -0.2) is 9.97 Å². The Morgan fingerprint density at radius 3 is 2.56 bits per heavy atom. The summed E-state index contributed by atoms with van der Waals surface area (Å²) in [5.74, 6) is 0.963. The Bertz CT molecular complexity index is 728. The lowest BCUT2D eigenvalue weighted by Gasteiger charge is -2.42. The van der Waals surface area contributed by atoms with Gasteiger partial charge in [0.1, 0.15) is 10.8 Å². The fraction of sp³-hybridized carbons (Fsp3) is 0.474. The first-order valence-corrected chi connectivity index (χ1v) is 10.1. The highest BCUT2D eigenvalue weighted by molar-refractivity contribution is 7.99. The molecule has 0 bridgehead atoms. The van der Waals surface area contributed by atoms with E-state index >= 15 is 0 Å². The van der Waals surface area contributed by atoms with Crippen LogP contribution in [0.15, 0.2) is 46.6 Å². The van der Waals surface area contributed by atoms with Crippen LogP contribution >= 0.6 is 23.4 Å². The number of aromatic nitrogens is 2. The molecule has 1 atom stereocenters. The van der Waals surface area contributed by atoms with Crippen molar-refractivity contribution in [1.82, 2.24) is 9.97 Å². The highest BCUT2D eigenvalue weighted by atomic mass is 35.5. The van der Waals surface area contributed by atoms with Gasteiger partial charge in [-0.3, -0.25) is 0 Å². The number of hydrogen-bond acceptors (Lipinski definition) is 5. The molecule has 1 aliphatic heterocycles. The van der Waals surface area contributed by atoms with E-state index in [-0.39, 0.29) is 0 Å². The Morgan fingerprint density at radius 1 is 1.12 bits per heavy atom. The zero-order chi connectivity index (χ0) is 17.3. The molecule has 1 spiro atoms. The van der Waals surface area contributed by atoms with Gasteiger partial charge >= 0.3 is 0 Å². The average molecular weight is 375 g/mol. The highest BCUT2D eigenvalue weighted by Gasteiger charge is 2.42. The molecule has 0 radical (unpaired) electrons. The van der Waals surface area contributed by atoms with E-state index in [1.165, 1.54) is 32.1 Å². The number of nitrogens with zero attached hydrogens (tertiary/aromatic N) is 3. The molecular weight excluding hydrogens is 352 g/mol. The number of halogens is 1. The van der Waals surface area contributed by atoms with E-state index < -0.39 is 0 Å². The van der Waals surface area contributed by atoms with Gasteiger partial charge in [0.2, 0.25) is 0 Å². The molecule has 1 saturated carbocycles. The fourth-order valence-corrected chi connectivity index (χ4v) is 5.13. The van der Waals surface area contributed by atoms with Gasteiger partial charge in [0.25, 0.3) is 0 Å². The third kappa shape index (κ3) is 3.50. The van der Waals surface area contributed by atoms with Crippen LogP contribution in [-0.4, -0.2) is 29.1 Å². The summed E-state index contributed by atoms with van der Waals surface area (Å²) in [4.78, 5) is 12.5. The summed E-state index contributed by atoms with van der Waals surface area (Å²) in [7, 11) is 0. The smallest absolute Gasteiger partial charge is 0.147 e. The van der Waals surface area contributed by atoms with Gasteiger partial charge in [-0.2, -0.15) is 0 Å². The molecule has 6 heteroatoms. The van der Waals surface area contributed by atoms with Crippen LogP contribution < -0.4 is 10.6 Å². The van der Waals surface area contributed by atoms with Crippen molar-refractivity contribution in [2.75, 3.05) is 18.0 Å². The van der Waals surface area contributed by atoms with Crippen LogP contribution in [0.3, 0.4) is 0 Å². The molecule has 4 nitrogen and oxygen atoms in total. The van der Waals surface area contributed by atoms with Crippen LogP contribution in [0.2, 0.25) is 5.02 Å². The minimum absolute atomic E-state index is 0.379. The van der Waals surface area contributed by atoms with Gasteiger partial charge in [0.15, 0.2) is 0 Å². The van der Waals surface area contributed by atoms with Gasteiger partial charge in [0.05, 0.1) is 17.4 Å². The number of piperidine rings is 1. The van der Waals surface area contributed by atoms with Crippen LogP contribution in [0.5, 0.6) is 0 Å². The first-order chi connectivity index (χ1) is 12.2. The van der Waals surface area contributed by atoms with E-state index in [9.17, 15) is 0 Å². The lowest BCUT2D eigenvalue weighted by molar-refractivity contribution is 0.197. The van der Waals surface area contributed by atoms with Crippen molar-refractivity contribution in [2.24, 2.45) is 11.1 Å². The van der Waals surface area contributed by atoms with Gasteiger partial charge in [-0.15, -0.1) is 0 Å². The first-order valence-electron chi connectivity index (χ1n) is 8.91. The zero-order valence-corrected chi connectivity index (χ0v) is 15.8. The second-order valence-corrected chi connectivity index (χ2v) is 8.56. The second kappa shape index (κ2) is 7.14. The van der Waals surface area contributed by atoms with Crippen LogP contribution in [0.1, 0.15) is 32.1 Å². The molecule has 132 valence electrons. The summed E-state index contributed by atoms with van der Waals surface area (Å²) >= 11 is 7.76. The largest absolute Gasteiger partial charge is 0.355 e.